The molecule has 0 aliphatic carbocycles. The molecule has 3 heterocycles. The van der Waals surface area contributed by atoms with Crippen LogP contribution in [0.1, 0.15) is 39.9 Å². The number of rotatable bonds is 6. The van der Waals surface area contributed by atoms with Gasteiger partial charge in [0.15, 0.2) is 0 Å². The number of nitrogens with zero attached hydrogens (tertiary/aromatic N) is 3. The first kappa shape index (κ1) is 20.8. The van der Waals surface area contributed by atoms with Crippen LogP contribution >= 0.6 is 0 Å². The molecule has 0 bridgehead atoms. The lowest BCUT2D eigenvalue weighted by molar-refractivity contribution is 0.0432. The second kappa shape index (κ2) is 9.58. The summed E-state index contributed by atoms with van der Waals surface area (Å²) in [5, 5.41) is 0. The van der Waals surface area contributed by atoms with Gasteiger partial charge in [0.25, 0.3) is 5.91 Å². The van der Waals surface area contributed by atoms with E-state index < -0.39 is 0 Å². The van der Waals surface area contributed by atoms with Gasteiger partial charge < -0.3 is 14.4 Å². The zero-order chi connectivity index (χ0) is 20.9. The lowest BCUT2D eigenvalue weighted by Gasteiger charge is -2.35. The first-order chi connectivity index (χ1) is 14.6. The van der Waals surface area contributed by atoms with Crippen molar-refractivity contribution in [3.05, 3.63) is 58.9 Å². The monoisotopic (exact) mass is 409 g/mol. The van der Waals surface area contributed by atoms with Crippen molar-refractivity contribution in [1.29, 1.82) is 0 Å². The van der Waals surface area contributed by atoms with Crippen LogP contribution in [0.15, 0.2) is 36.7 Å². The molecule has 2 fully saturated rings. The number of hydrogen-bond donors (Lipinski definition) is 0. The highest BCUT2D eigenvalue weighted by molar-refractivity contribution is 5.95. The predicted octanol–water partition coefficient (Wildman–Crippen LogP) is 3.21. The molecule has 1 amide bonds. The second-order valence-electron chi connectivity index (χ2n) is 8.32. The van der Waals surface area contributed by atoms with E-state index in [0.29, 0.717) is 12.7 Å². The fourth-order valence-corrected chi connectivity index (χ4v) is 4.33. The maximum atomic E-state index is 13.1. The summed E-state index contributed by atoms with van der Waals surface area (Å²) < 4.78 is 11.8. The molecule has 160 valence electrons. The quantitative estimate of drug-likeness (QED) is 0.733. The number of aromatic nitrogens is 1. The largest absolute Gasteiger partial charge is 0.488 e. The van der Waals surface area contributed by atoms with E-state index in [1.54, 1.807) is 12.4 Å². The molecule has 2 aromatic rings. The molecule has 4 rings (SSSR count). The molecule has 6 heteroatoms. The minimum Gasteiger partial charge on any atom is -0.488 e. The van der Waals surface area contributed by atoms with Crippen LogP contribution in [0.3, 0.4) is 0 Å². The van der Waals surface area contributed by atoms with E-state index in [1.807, 2.05) is 43.0 Å². The first-order valence-corrected chi connectivity index (χ1v) is 10.9. The van der Waals surface area contributed by atoms with Gasteiger partial charge in [0.2, 0.25) is 0 Å². The van der Waals surface area contributed by atoms with Crippen LogP contribution < -0.4 is 4.74 Å². The summed E-state index contributed by atoms with van der Waals surface area (Å²) in [7, 11) is 0. The average Bonchev–Trinajstić information content (AvgIpc) is 3.27. The van der Waals surface area contributed by atoms with Crippen molar-refractivity contribution in [3.8, 4) is 5.75 Å². The van der Waals surface area contributed by atoms with Crippen LogP contribution in [0.5, 0.6) is 5.75 Å². The summed E-state index contributed by atoms with van der Waals surface area (Å²) in [4.78, 5) is 21.6. The Morgan fingerprint density at radius 2 is 1.97 bits per heavy atom. The predicted molar refractivity (Wildman–Crippen MR) is 116 cm³/mol. The van der Waals surface area contributed by atoms with Crippen LogP contribution in [0, 0.1) is 13.8 Å². The Bertz CT molecular complexity index is 834. The lowest BCUT2D eigenvalue weighted by atomic mass is 10.0. The van der Waals surface area contributed by atoms with Gasteiger partial charge >= 0.3 is 0 Å². The molecule has 0 saturated carbocycles. The van der Waals surface area contributed by atoms with Gasteiger partial charge in [-0.1, -0.05) is 6.07 Å². The molecule has 0 radical (unpaired) electrons. The zero-order valence-corrected chi connectivity index (χ0v) is 18.0. The van der Waals surface area contributed by atoms with Crippen LogP contribution in [0.4, 0.5) is 0 Å². The van der Waals surface area contributed by atoms with Gasteiger partial charge in [-0.05, 0) is 56.0 Å². The number of hydrogen-bond acceptors (Lipinski definition) is 5. The summed E-state index contributed by atoms with van der Waals surface area (Å²) in [5.41, 5.74) is 3.74. The molecule has 2 saturated heterocycles. The van der Waals surface area contributed by atoms with Gasteiger partial charge in [-0.15, -0.1) is 0 Å². The topological polar surface area (TPSA) is 54.9 Å². The first-order valence-electron chi connectivity index (χ1n) is 10.9. The summed E-state index contributed by atoms with van der Waals surface area (Å²) in [6.07, 6.45) is 6.26. The summed E-state index contributed by atoms with van der Waals surface area (Å²) in [6, 6.07) is 7.80. The number of ether oxygens (including phenoxy) is 2. The van der Waals surface area contributed by atoms with Gasteiger partial charge in [0.05, 0.1) is 6.10 Å². The molecular formula is C24H31N3O3. The van der Waals surface area contributed by atoms with Crippen molar-refractivity contribution in [2.24, 2.45) is 0 Å². The van der Waals surface area contributed by atoms with Gasteiger partial charge in [-0.25, -0.2) is 0 Å². The molecule has 1 aromatic carbocycles. The number of carbonyl (C=O) groups excluding carboxylic acids is 1. The van der Waals surface area contributed by atoms with Crippen molar-refractivity contribution >= 4 is 5.91 Å². The third-order valence-corrected chi connectivity index (χ3v) is 5.96. The fraction of sp³-hybridized carbons (Fsp3) is 0.500. The minimum absolute atomic E-state index is 0.108. The molecule has 1 atom stereocenters. The number of amides is 1. The van der Waals surface area contributed by atoms with E-state index in [1.165, 1.54) is 6.42 Å². The molecule has 0 spiro atoms. The third-order valence-electron chi connectivity index (χ3n) is 5.96. The molecule has 0 N–H and O–H groups in total. The molecule has 2 aliphatic rings. The zero-order valence-electron chi connectivity index (χ0n) is 18.0. The molecule has 30 heavy (non-hydrogen) atoms. The molecule has 1 aromatic heterocycles. The van der Waals surface area contributed by atoms with Crippen LogP contribution in [-0.4, -0.2) is 66.1 Å². The molecule has 2 aliphatic heterocycles. The van der Waals surface area contributed by atoms with E-state index in [4.69, 9.17) is 9.47 Å². The average molecular weight is 410 g/mol. The summed E-state index contributed by atoms with van der Waals surface area (Å²) >= 11 is 0. The second-order valence-corrected chi connectivity index (χ2v) is 8.32. The molecule has 1 unspecified atom stereocenters. The highest BCUT2D eigenvalue weighted by Crippen LogP contribution is 2.27. The fourth-order valence-electron chi connectivity index (χ4n) is 4.33. The highest BCUT2D eigenvalue weighted by Gasteiger charge is 2.26. The van der Waals surface area contributed by atoms with Crippen molar-refractivity contribution in [3.63, 3.8) is 0 Å². The van der Waals surface area contributed by atoms with Gasteiger partial charge in [-0.2, -0.15) is 0 Å². The Balaban J connectivity index is 1.35. The van der Waals surface area contributed by atoms with Crippen molar-refractivity contribution in [1.82, 2.24) is 14.8 Å². The SMILES string of the molecule is Cc1cc(C(=O)N2CCN(CC3CCCO3)CC2)cc(C)c1OCc1cccnc1. The van der Waals surface area contributed by atoms with E-state index >= 15 is 0 Å². The molecule has 6 nitrogen and oxygen atoms in total. The van der Waals surface area contributed by atoms with Crippen molar-refractivity contribution in [2.75, 3.05) is 39.3 Å². The Morgan fingerprint density at radius 3 is 2.60 bits per heavy atom. The van der Waals surface area contributed by atoms with Crippen molar-refractivity contribution < 1.29 is 14.3 Å². The summed E-state index contributed by atoms with van der Waals surface area (Å²) in [5.74, 6) is 0.952. The maximum Gasteiger partial charge on any atom is 0.253 e. The summed E-state index contributed by atoms with van der Waals surface area (Å²) in [6.45, 7) is 9.71. The third kappa shape index (κ3) is 4.99. The Hall–Kier alpha value is -2.44. The Kier molecular flexibility index (Phi) is 6.65. The van der Waals surface area contributed by atoms with E-state index in [-0.39, 0.29) is 5.91 Å². The molecular weight excluding hydrogens is 378 g/mol. The highest BCUT2D eigenvalue weighted by atomic mass is 16.5. The number of benzene rings is 1. The van der Waals surface area contributed by atoms with E-state index in [9.17, 15) is 4.79 Å². The normalized spacial score (nSPS) is 19.8. The number of piperazine rings is 1. The van der Waals surface area contributed by atoms with Crippen LogP contribution in [0.2, 0.25) is 0 Å². The number of aryl methyl sites for hydroxylation is 2. The smallest absolute Gasteiger partial charge is 0.253 e. The number of pyridine rings is 1. The Labute approximate surface area is 178 Å². The van der Waals surface area contributed by atoms with Gasteiger partial charge in [0.1, 0.15) is 12.4 Å². The lowest BCUT2D eigenvalue weighted by Crippen LogP contribution is -2.50. The standard InChI is InChI=1S/C24H31N3O3/c1-18-13-21(14-19(2)23(18)30-17-20-5-3-7-25-15-20)24(28)27-10-8-26(9-11-27)16-22-6-4-12-29-22/h3,5,7,13-15,22H,4,6,8-12,16-17H2,1-2H3. The number of carbonyl (C=O) groups is 1. The van der Waals surface area contributed by atoms with Crippen molar-refractivity contribution in [2.45, 2.75) is 39.4 Å². The Morgan fingerprint density at radius 1 is 1.20 bits per heavy atom. The minimum atomic E-state index is 0.108. The van der Waals surface area contributed by atoms with E-state index in [2.05, 4.69) is 9.88 Å². The van der Waals surface area contributed by atoms with E-state index in [0.717, 1.165) is 73.8 Å². The van der Waals surface area contributed by atoms with Gasteiger partial charge in [-0.3, -0.25) is 14.7 Å². The van der Waals surface area contributed by atoms with Gasteiger partial charge in [0, 0.05) is 62.9 Å². The van der Waals surface area contributed by atoms with Crippen LogP contribution in [0.25, 0.3) is 0 Å². The van der Waals surface area contributed by atoms with Crippen LogP contribution in [-0.2, 0) is 11.3 Å². The maximum absolute atomic E-state index is 13.1.